The molecule has 0 radical (unpaired) electrons. The summed E-state index contributed by atoms with van der Waals surface area (Å²) in [5, 5.41) is 119. The van der Waals surface area contributed by atoms with Crippen LogP contribution in [0.3, 0.4) is 0 Å². The van der Waals surface area contributed by atoms with Gasteiger partial charge in [-0.3, -0.25) is 38.4 Å². The van der Waals surface area contributed by atoms with Crippen LogP contribution in [0.25, 0.3) is 11.1 Å². The van der Waals surface area contributed by atoms with Crippen molar-refractivity contribution in [3.63, 3.8) is 0 Å². The number of fused-ring (bicyclic) bond motifs is 15. The number of anilines is 1. The molecule has 22 N–H and O–H groups in total. The Morgan fingerprint density at radius 1 is 0.722 bits per heavy atom. The van der Waals surface area contributed by atoms with Crippen molar-refractivity contribution in [2.45, 2.75) is 162 Å². The quantitative estimate of drug-likeness (QED) is 0.0544. The number of carbonyl (C=O) groups is 8. The standard InChI is InChI=1S/C70H77Cl2N11O24S/c1-24(2)12-25(3)61(94)82-52-54(89)28-7-10-39(34(71)14-28)103-41-16-30-17-42(58(41)107-68-59(106-47-22-70(5,75)60(93)26(4)102-47)57(92)56(91)43(105-68)23-108-69-77-44(73)21-46(88)78-69)104-40-11-8-29(15-35(40)72)55(90)53-66(99)81-51(67(100)101)33-18-31(84)19-38(86)48(33)32-13-27(6-9-37(32)85)49(63(96)83-53)80-64(97)50(30)79-62(95)36(20-45(74)87)76-65(52)98/h6-11,13-19,21,24-26,36,43,47,49-57,59-60,68,84-86,89-93H,12,20,22-23,75H2,1-5H3,(H2,74,87)(H,76,98)(H,79,95)(H,80,97)(H,81,99)(H,82,94)(H,83,96)(H,100,101)(H3,73,77,78,88)/t25-,26?,36+,43?,47?,49?,50-,51-,52-,53+,54-,55-,56?,57?,59?,60?,68?,70?/m1/s1. The van der Waals surface area contributed by atoms with Crippen LogP contribution in [0.2, 0.25) is 10.0 Å². The number of aliphatic hydroxyl groups is 5. The van der Waals surface area contributed by atoms with Gasteiger partial charge in [-0.2, -0.15) is 0 Å². The number of hydrogen-bond donors (Lipinski definition) is 19. The van der Waals surface area contributed by atoms with E-state index in [2.05, 4.69) is 41.9 Å². The molecule has 18 atom stereocenters. The smallest absolute Gasteiger partial charge is 0.330 e. The number of nitrogens with two attached hydrogens (primary N) is 3. The molecule has 0 spiro atoms. The van der Waals surface area contributed by atoms with Crippen molar-refractivity contribution >= 4 is 88.1 Å². The molecule has 10 unspecified atom stereocenters. The second-order valence-corrected chi connectivity index (χ2v) is 29.2. The number of aliphatic carboxylic acids is 1. The van der Waals surface area contributed by atoms with E-state index in [1.807, 2.05) is 13.8 Å². The first-order chi connectivity index (χ1) is 50.9. The summed E-state index contributed by atoms with van der Waals surface area (Å²) in [7, 11) is 0. The molecule has 7 aliphatic rings. The molecule has 38 heteroatoms. The van der Waals surface area contributed by atoms with E-state index in [0.29, 0.717) is 0 Å². The maximum atomic E-state index is 16.2. The Morgan fingerprint density at radius 2 is 1.34 bits per heavy atom. The van der Waals surface area contributed by atoms with Crippen molar-refractivity contribution in [2.75, 3.05) is 11.5 Å². The highest BCUT2D eigenvalue weighted by molar-refractivity contribution is 7.99. The van der Waals surface area contributed by atoms with E-state index in [1.165, 1.54) is 26.0 Å². The van der Waals surface area contributed by atoms with Crippen molar-refractivity contribution in [1.82, 2.24) is 41.9 Å². The molecule has 8 heterocycles. The number of primary amides is 1. The number of carboxylic acid groups (broad SMARTS) is 1. The molecule has 5 aromatic carbocycles. The molecule has 2 fully saturated rings. The lowest BCUT2D eigenvalue weighted by Crippen LogP contribution is -2.64. The number of ether oxygens (including phenoxy) is 6. The summed E-state index contributed by atoms with van der Waals surface area (Å²) in [5.41, 5.74) is 13.3. The van der Waals surface area contributed by atoms with E-state index >= 15 is 14.4 Å². The minimum atomic E-state index is -2.36. The molecule has 7 aliphatic heterocycles. The number of nitrogens with zero attached hydrogens (tertiary/aromatic N) is 1. The third-order valence-corrected chi connectivity index (χ3v) is 20.2. The summed E-state index contributed by atoms with van der Waals surface area (Å²) < 4.78 is 39.3. The minimum absolute atomic E-state index is 0.0527. The lowest BCUT2D eigenvalue weighted by atomic mass is 9.86. The Labute approximate surface area is 627 Å². The number of aliphatic hydroxyl groups excluding tert-OH is 5. The van der Waals surface area contributed by atoms with Gasteiger partial charge in [-0.05, 0) is 103 Å². The molecule has 108 heavy (non-hydrogen) atoms. The summed E-state index contributed by atoms with van der Waals surface area (Å²) in [6.07, 6.45) is -18.5. The molecular formula is C70H77Cl2N11O24S. The Morgan fingerprint density at radius 3 is 1.95 bits per heavy atom. The number of benzene rings is 5. The van der Waals surface area contributed by atoms with Gasteiger partial charge in [0.2, 0.25) is 53.4 Å². The van der Waals surface area contributed by atoms with Crippen molar-refractivity contribution in [2.24, 2.45) is 23.3 Å². The second-order valence-electron chi connectivity index (χ2n) is 27.4. The molecule has 0 aliphatic carbocycles. The number of aromatic amines is 1. The van der Waals surface area contributed by atoms with Gasteiger partial charge in [-0.25, -0.2) is 9.78 Å². The fraction of sp³-hybridized carbons (Fsp3) is 0.400. The van der Waals surface area contributed by atoms with Gasteiger partial charge in [0.05, 0.1) is 34.8 Å². The number of carbonyl (C=O) groups excluding carboxylic acids is 7. The van der Waals surface area contributed by atoms with Gasteiger partial charge in [0.25, 0.3) is 5.56 Å². The highest BCUT2D eigenvalue weighted by Gasteiger charge is 2.52. The molecule has 7 amide bonds. The Kier molecular flexibility index (Phi) is 23.4. The predicted octanol–water partition coefficient (Wildman–Crippen LogP) is 1.62. The summed E-state index contributed by atoms with van der Waals surface area (Å²) in [6.45, 7) is 8.22. The van der Waals surface area contributed by atoms with Crippen LogP contribution in [0, 0.1) is 11.8 Å². The molecule has 2 saturated heterocycles. The summed E-state index contributed by atoms with van der Waals surface area (Å²) in [5.74, 6) is -17.3. The molecule has 1 aromatic heterocycles. The van der Waals surface area contributed by atoms with Crippen molar-refractivity contribution < 1.29 is 113 Å². The monoisotopic (exact) mass is 1560 g/mol. The molecule has 0 saturated carbocycles. The Balaban J connectivity index is 1.17. The van der Waals surface area contributed by atoms with Gasteiger partial charge in [0, 0.05) is 52.5 Å². The number of thioether (sulfide) groups is 1. The number of halogens is 2. The van der Waals surface area contributed by atoms with Gasteiger partial charge >= 0.3 is 5.97 Å². The lowest BCUT2D eigenvalue weighted by molar-refractivity contribution is -0.329. The van der Waals surface area contributed by atoms with Crippen molar-refractivity contribution in [3.05, 3.63) is 133 Å². The maximum Gasteiger partial charge on any atom is 0.330 e. The van der Waals surface area contributed by atoms with Gasteiger partial charge in [0.15, 0.2) is 35.1 Å². The molecule has 13 rings (SSSR count). The number of phenols is 3. The first-order valence-corrected chi connectivity index (χ1v) is 35.3. The number of amides is 7. The van der Waals surface area contributed by atoms with Crippen LogP contribution < -0.4 is 68.9 Å². The van der Waals surface area contributed by atoms with Gasteiger partial charge in [0.1, 0.15) is 89.2 Å². The van der Waals surface area contributed by atoms with Crippen LogP contribution in [-0.4, -0.2) is 182 Å². The topological polar surface area (TPSA) is 570 Å². The highest BCUT2D eigenvalue weighted by atomic mass is 35.5. The van der Waals surface area contributed by atoms with E-state index in [9.17, 15) is 74.7 Å². The number of aromatic nitrogens is 2. The third-order valence-electron chi connectivity index (χ3n) is 18.6. The Hall–Kier alpha value is -10.1. The number of rotatable bonds is 14. The molecule has 6 aromatic rings. The van der Waals surface area contributed by atoms with E-state index in [4.69, 9.17) is 68.8 Å². The summed E-state index contributed by atoms with van der Waals surface area (Å²) in [4.78, 5) is 137. The number of H-pyrrole nitrogens is 1. The number of carboxylic acids is 1. The normalized spacial score (nSPS) is 28.3. The minimum Gasteiger partial charge on any atom is -0.508 e. The predicted molar refractivity (Wildman–Crippen MR) is 379 cm³/mol. The van der Waals surface area contributed by atoms with Gasteiger partial charge in [-0.1, -0.05) is 73.9 Å². The maximum absolute atomic E-state index is 16.2. The van der Waals surface area contributed by atoms with Crippen LogP contribution in [0.5, 0.6) is 46.0 Å². The van der Waals surface area contributed by atoms with Crippen LogP contribution in [0.4, 0.5) is 5.82 Å². The van der Waals surface area contributed by atoms with Crippen LogP contribution >= 0.6 is 35.0 Å². The first-order valence-electron chi connectivity index (χ1n) is 33.6. The summed E-state index contributed by atoms with van der Waals surface area (Å²) >= 11 is 15.0. The number of aromatic hydroxyl groups is 3. The number of hydrogen-bond acceptors (Lipinski definition) is 27. The third kappa shape index (κ3) is 17.1. The van der Waals surface area contributed by atoms with E-state index in [0.717, 1.165) is 84.6 Å². The van der Waals surface area contributed by atoms with E-state index in [1.54, 1.807) is 6.92 Å². The molecular weight excluding hydrogens is 1480 g/mol. The van der Waals surface area contributed by atoms with Gasteiger partial charge < -0.3 is 128 Å². The average Bonchev–Trinajstić information content (AvgIpc) is 0.767. The zero-order valence-electron chi connectivity index (χ0n) is 57.8. The van der Waals surface area contributed by atoms with E-state index in [-0.39, 0.29) is 62.9 Å². The fourth-order valence-corrected chi connectivity index (χ4v) is 14.6. The van der Waals surface area contributed by atoms with E-state index < -0.39 is 236 Å². The highest BCUT2D eigenvalue weighted by Crippen LogP contribution is 2.50. The fourth-order valence-electron chi connectivity index (χ4n) is 13.2. The van der Waals surface area contributed by atoms with Crippen molar-refractivity contribution in [3.8, 4) is 57.1 Å². The number of nitrogens with one attached hydrogen (secondary N) is 7. The van der Waals surface area contributed by atoms with Crippen molar-refractivity contribution in [1.29, 1.82) is 0 Å². The zero-order chi connectivity index (χ0) is 78.4. The average molecular weight is 1560 g/mol. The Bertz CT molecular complexity index is 4610. The van der Waals surface area contributed by atoms with Crippen LogP contribution in [0.1, 0.15) is 112 Å². The SMILES string of the molecule is CC(C)C[C@@H](C)C(=O)N[C@H]1C(=O)N[C@@H](CC(N)=O)C(=O)N[C@H]2C(=O)NC3C(=O)N[C@H](C(=O)N[C@@H](C(=O)O)c4cc(O)cc(O)c4-c4cc3ccc4O)[C@H](O)c3ccc(c(Cl)c3)Oc3cc2cc(c3OC2OC(CSc3nc(N)cc(=O)[nH]3)C(O)C(O)C2OC2CC(C)(N)C(O)C(C)O2)Oc2ccc(cc2Cl)[C@H]1O. The number of phenolic OH excluding ortho intramolecular Hbond substituents is 3. The number of nitrogen functional groups attached to an aromatic ring is 1. The van der Waals surface area contributed by atoms with Gasteiger partial charge in [-0.15, -0.1) is 0 Å². The molecule has 576 valence electrons. The molecule has 11 bridgehead atoms. The molecule has 35 nitrogen and oxygen atoms in total. The van der Waals surface area contributed by atoms with Crippen LogP contribution in [0.15, 0.2) is 94.9 Å². The zero-order valence-corrected chi connectivity index (χ0v) is 60.1. The first kappa shape index (κ1) is 79.0. The van der Waals surface area contributed by atoms with Crippen LogP contribution in [-0.2, 0) is 52.6 Å². The second kappa shape index (κ2) is 32.0. The lowest BCUT2D eigenvalue weighted by Gasteiger charge is -2.47. The summed E-state index contributed by atoms with van der Waals surface area (Å²) in [6, 6.07) is 1.30. The largest absolute Gasteiger partial charge is 0.508 e.